The van der Waals surface area contributed by atoms with E-state index in [2.05, 4.69) is 22.4 Å². The van der Waals surface area contributed by atoms with Crippen molar-refractivity contribution in [3.05, 3.63) is 66.0 Å². The van der Waals surface area contributed by atoms with E-state index in [1.807, 2.05) is 30.3 Å². The van der Waals surface area contributed by atoms with Crippen LogP contribution in [0.3, 0.4) is 0 Å². The topological polar surface area (TPSA) is 54.4 Å². The van der Waals surface area contributed by atoms with Crippen molar-refractivity contribution < 1.29 is 9.84 Å². The molecule has 0 amide bonds. The first-order valence-electron chi connectivity index (χ1n) is 6.78. The average Bonchev–Trinajstić information content (AvgIpc) is 2.53. The summed E-state index contributed by atoms with van der Waals surface area (Å²) >= 11 is 0. The smallest absolute Gasteiger partial charge is 0.0698 e. The van der Waals surface area contributed by atoms with Gasteiger partial charge < -0.3 is 15.2 Å². The van der Waals surface area contributed by atoms with Crippen LogP contribution >= 0.6 is 0 Å². The molecule has 0 aliphatic rings. The monoisotopic (exact) mass is 272 g/mol. The lowest BCUT2D eigenvalue weighted by atomic mass is 10.00. The SMILES string of the molecule is OCCOCCNC(c1ccccc1)c1ccncc1. The average molecular weight is 272 g/mol. The van der Waals surface area contributed by atoms with E-state index < -0.39 is 0 Å². The van der Waals surface area contributed by atoms with E-state index in [0.29, 0.717) is 13.2 Å². The molecule has 1 aromatic heterocycles. The normalized spacial score (nSPS) is 12.2. The van der Waals surface area contributed by atoms with E-state index in [-0.39, 0.29) is 12.6 Å². The van der Waals surface area contributed by atoms with Gasteiger partial charge in [0.1, 0.15) is 0 Å². The number of aliphatic hydroxyl groups excluding tert-OH is 1. The number of ether oxygens (including phenoxy) is 1. The van der Waals surface area contributed by atoms with Gasteiger partial charge in [-0.1, -0.05) is 30.3 Å². The molecule has 1 heterocycles. The van der Waals surface area contributed by atoms with Crippen LogP contribution in [-0.4, -0.2) is 36.5 Å². The van der Waals surface area contributed by atoms with Crippen molar-refractivity contribution in [2.75, 3.05) is 26.4 Å². The number of aliphatic hydroxyl groups is 1. The minimum absolute atomic E-state index is 0.0620. The van der Waals surface area contributed by atoms with E-state index >= 15 is 0 Å². The summed E-state index contributed by atoms with van der Waals surface area (Å²) in [5, 5.41) is 12.2. The lowest BCUT2D eigenvalue weighted by Gasteiger charge is -2.19. The summed E-state index contributed by atoms with van der Waals surface area (Å²) in [6.07, 6.45) is 3.60. The molecule has 1 aromatic carbocycles. The van der Waals surface area contributed by atoms with Gasteiger partial charge in [0, 0.05) is 18.9 Å². The molecule has 0 aliphatic heterocycles. The van der Waals surface area contributed by atoms with E-state index in [0.717, 1.165) is 6.54 Å². The molecular weight excluding hydrogens is 252 g/mol. The highest BCUT2D eigenvalue weighted by atomic mass is 16.5. The van der Waals surface area contributed by atoms with Crippen LogP contribution in [0.5, 0.6) is 0 Å². The third kappa shape index (κ3) is 4.42. The van der Waals surface area contributed by atoms with Gasteiger partial charge >= 0.3 is 0 Å². The van der Waals surface area contributed by atoms with Gasteiger partial charge in [-0.3, -0.25) is 4.98 Å². The second kappa shape index (κ2) is 8.43. The quantitative estimate of drug-likeness (QED) is 0.719. The first-order chi connectivity index (χ1) is 9.92. The van der Waals surface area contributed by atoms with Gasteiger partial charge in [0.05, 0.1) is 25.9 Å². The zero-order valence-electron chi connectivity index (χ0n) is 11.4. The van der Waals surface area contributed by atoms with Gasteiger partial charge in [-0.05, 0) is 23.3 Å². The number of benzene rings is 1. The van der Waals surface area contributed by atoms with Crippen LogP contribution in [0.25, 0.3) is 0 Å². The predicted octanol–water partition coefficient (Wildman–Crippen LogP) is 1.77. The molecule has 1 unspecified atom stereocenters. The first kappa shape index (κ1) is 14.7. The van der Waals surface area contributed by atoms with Crippen LogP contribution < -0.4 is 5.32 Å². The fourth-order valence-electron chi connectivity index (χ4n) is 2.07. The fourth-order valence-corrected chi connectivity index (χ4v) is 2.07. The van der Waals surface area contributed by atoms with Crippen LogP contribution in [0.4, 0.5) is 0 Å². The largest absolute Gasteiger partial charge is 0.394 e. The Morgan fingerprint density at radius 1 is 1.00 bits per heavy atom. The Morgan fingerprint density at radius 2 is 1.70 bits per heavy atom. The lowest BCUT2D eigenvalue weighted by Crippen LogP contribution is -2.26. The Balaban J connectivity index is 2.02. The van der Waals surface area contributed by atoms with Crippen molar-refractivity contribution in [2.45, 2.75) is 6.04 Å². The lowest BCUT2D eigenvalue weighted by molar-refractivity contribution is 0.0931. The molecule has 2 N–H and O–H groups in total. The molecule has 20 heavy (non-hydrogen) atoms. The minimum atomic E-state index is 0.0620. The van der Waals surface area contributed by atoms with E-state index in [9.17, 15) is 0 Å². The number of rotatable bonds is 8. The van der Waals surface area contributed by atoms with E-state index in [1.165, 1.54) is 11.1 Å². The van der Waals surface area contributed by atoms with E-state index in [4.69, 9.17) is 9.84 Å². The first-order valence-corrected chi connectivity index (χ1v) is 6.78. The number of hydrogen-bond acceptors (Lipinski definition) is 4. The summed E-state index contributed by atoms with van der Waals surface area (Å²) in [7, 11) is 0. The molecule has 0 fully saturated rings. The Kier molecular flexibility index (Phi) is 6.17. The molecule has 1 atom stereocenters. The van der Waals surface area contributed by atoms with Crippen molar-refractivity contribution in [3.63, 3.8) is 0 Å². The maximum absolute atomic E-state index is 8.68. The third-order valence-electron chi connectivity index (χ3n) is 3.00. The van der Waals surface area contributed by atoms with Crippen LogP contribution in [-0.2, 0) is 4.74 Å². The van der Waals surface area contributed by atoms with Crippen molar-refractivity contribution in [2.24, 2.45) is 0 Å². The molecule has 4 nitrogen and oxygen atoms in total. The Hall–Kier alpha value is -1.75. The summed E-state index contributed by atoms with van der Waals surface area (Å²) in [4.78, 5) is 4.06. The zero-order valence-corrected chi connectivity index (χ0v) is 11.4. The van der Waals surface area contributed by atoms with E-state index in [1.54, 1.807) is 12.4 Å². The number of nitrogens with one attached hydrogen (secondary N) is 1. The van der Waals surface area contributed by atoms with Gasteiger partial charge in [0.25, 0.3) is 0 Å². The second-order valence-corrected chi connectivity index (χ2v) is 4.41. The minimum Gasteiger partial charge on any atom is -0.394 e. The predicted molar refractivity (Wildman–Crippen MR) is 78.4 cm³/mol. The highest BCUT2D eigenvalue weighted by Crippen LogP contribution is 2.20. The number of nitrogens with zero attached hydrogens (tertiary/aromatic N) is 1. The molecule has 2 aromatic rings. The fraction of sp³-hybridized carbons (Fsp3) is 0.312. The molecule has 106 valence electrons. The highest BCUT2D eigenvalue weighted by molar-refractivity contribution is 5.30. The maximum atomic E-state index is 8.68. The van der Waals surface area contributed by atoms with Gasteiger partial charge in [-0.2, -0.15) is 0 Å². The molecular formula is C16H20N2O2. The summed E-state index contributed by atoms with van der Waals surface area (Å²) < 4.78 is 5.28. The van der Waals surface area contributed by atoms with Crippen LogP contribution in [0.1, 0.15) is 17.2 Å². The molecule has 0 saturated carbocycles. The number of pyridine rings is 1. The van der Waals surface area contributed by atoms with Crippen LogP contribution in [0.15, 0.2) is 54.9 Å². The van der Waals surface area contributed by atoms with Crippen molar-refractivity contribution in [1.82, 2.24) is 10.3 Å². The van der Waals surface area contributed by atoms with Crippen molar-refractivity contribution in [1.29, 1.82) is 0 Å². The summed E-state index contributed by atoms with van der Waals surface area (Å²) in [5.41, 5.74) is 2.38. The number of aromatic nitrogens is 1. The van der Waals surface area contributed by atoms with Gasteiger partial charge in [-0.15, -0.1) is 0 Å². The van der Waals surface area contributed by atoms with Crippen LogP contribution in [0.2, 0.25) is 0 Å². The Morgan fingerprint density at radius 3 is 2.40 bits per heavy atom. The van der Waals surface area contributed by atoms with Crippen LogP contribution in [0, 0.1) is 0 Å². The van der Waals surface area contributed by atoms with Gasteiger partial charge in [0.15, 0.2) is 0 Å². The molecule has 0 aliphatic carbocycles. The maximum Gasteiger partial charge on any atom is 0.0698 e. The second-order valence-electron chi connectivity index (χ2n) is 4.41. The molecule has 0 bridgehead atoms. The molecule has 2 rings (SSSR count). The highest BCUT2D eigenvalue weighted by Gasteiger charge is 2.12. The molecule has 4 heteroatoms. The molecule has 0 spiro atoms. The Bertz CT molecular complexity index is 437. The standard InChI is InChI=1S/C16H20N2O2/c19-11-13-20-12-10-18-16(14-4-2-1-3-5-14)15-6-8-17-9-7-15/h1-9,16,18-19H,10-13H2. The summed E-state index contributed by atoms with van der Waals surface area (Å²) in [6.45, 7) is 1.75. The summed E-state index contributed by atoms with van der Waals surface area (Å²) in [5.74, 6) is 0. The summed E-state index contributed by atoms with van der Waals surface area (Å²) in [6, 6.07) is 14.4. The number of hydrogen-bond donors (Lipinski definition) is 2. The van der Waals surface area contributed by atoms with Crippen molar-refractivity contribution >= 4 is 0 Å². The molecule has 0 radical (unpaired) electrons. The Labute approximate surface area is 119 Å². The van der Waals surface area contributed by atoms with Gasteiger partial charge in [-0.25, -0.2) is 0 Å². The zero-order chi connectivity index (χ0) is 14.0. The third-order valence-corrected chi connectivity index (χ3v) is 3.00. The molecule has 0 saturated heterocycles. The van der Waals surface area contributed by atoms with Crippen molar-refractivity contribution in [3.8, 4) is 0 Å². The van der Waals surface area contributed by atoms with Gasteiger partial charge in [0.2, 0.25) is 0 Å².